The van der Waals surface area contributed by atoms with Gasteiger partial charge in [-0.1, -0.05) is 13.3 Å². The van der Waals surface area contributed by atoms with Crippen LogP contribution in [-0.2, 0) is 13.6 Å². The van der Waals surface area contributed by atoms with E-state index >= 15 is 0 Å². The number of hydrogen-bond acceptors (Lipinski definition) is 1. The lowest BCUT2D eigenvalue weighted by molar-refractivity contribution is 0.421. The van der Waals surface area contributed by atoms with Crippen molar-refractivity contribution in [1.29, 1.82) is 0 Å². The van der Waals surface area contributed by atoms with E-state index in [1.54, 1.807) is 0 Å². The molecule has 0 aromatic carbocycles. The van der Waals surface area contributed by atoms with Crippen molar-refractivity contribution in [1.82, 2.24) is 9.88 Å². The van der Waals surface area contributed by atoms with Crippen LogP contribution in [0.25, 0.3) is 0 Å². The summed E-state index contributed by atoms with van der Waals surface area (Å²) in [4.78, 5) is 0. The second-order valence-electron chi connectivity index (χ2n) is 4.51. The Morgan fingerprint density at radius 3 is 2.93 bits per heavy atom. The van der Waals surface area contributed by atoms with Gasteiger partial charge in [-0.25, -0.2) is 0 Å². The fraction of sp³-hybridized carbons (Fsp3) is 0.667. The Hall–Kier alpha value is -0.760. The molecule has 1 aliphatic rings. The Kier molecular flexibility index (Phi) is 2.92. The highest BCUT2D eigenvalue weighted by Crippen LogP contribution is 2.24. The Morgan fingerprint density at radius 1 is 1.50 bits per heavy atom. The zero-order valence-electron chi connectivity index (χ0n) is 9.16. The largest absolute Gasteiger partial charge is 0.353 e. The van der Waals surface area contributed by atoms with Gasteiger partial charge in [-0.2, -0.15) is 0 Å². The Labute approximate surface area is 86.3 Å². The zero-order valence-corrected chi connectivity index (χ0v) is 9.16. The van der Waals surface area contributed by atoms with Crippen LogP contribution in [-0.4, -0.2) is 10.6 Å². The van der Waals surface area contributed by atoms with E-state index in [0.717, 1.165) is 18.5 Å². The van der Waals surface area contributed by atoms with Crippen LogP contribution in [0.5, 0.6) is 0 Å². The molecule has 1 aromatic rings. The third-order valence-electron chi connectivity index (χ3n) is 3.46. The quantitative estimate of drug-likeness (QED) is 0.777. The molecular formula is C12H20N2. The van der Waals surface area contributed by atoms with Crippen LogP contribution in [0.2, 0.25) is 0 Å². The summed E-state index contributed by atoms with van der Waals surface area (Å²) in [6, 6.07) is 5.03. The monoisotopic (exact) mass is 192 g/mol. The van der Waals surface area contributed by atoms with E-state index in [4.69, 9.17) is 0 Å². The van der Waals surface area contributed by atoms with Crippen LogP contribution in [0, 0.1) is 5.92 Å². The maximum atomic E-state index is 3.65. The van der Waals surface area contributed by atoms with Gasteiger partial charge in [-0.05, 0) is 30.9 Å². The van der Waals surface area contributed by atoms with E-state index < -0.39 is 0 Å². The molecule has 0 radical (unpaired) electrons. The molecule has 2 heteroatoms. The summed E-state index contributed by atoms with van der Waals surface area (Å²) in [5.74, 6) is 0.857. The van der Waals surface area contributed by atoms with Crippen molar-refractivity contribution >= 4 is 0 Å². The second-order valence-corrected chi connectivity index (χ2v) is 4.51. The van der Waals surface area contributed by atoms with Crippen molar-refractivity contribution in [2.75, 3.05) is 0 Å². The highest BCUT2D eigenvalue weighted by atomic mass is 15.0. The van der Waals surface area contributed by atoms with Crippen molar-refractivity contribution in [3.63, 3.8) is 0 Å². The first-order chi connectivity index (χ1) is 6.77. The molecule has 2 nitrogen and oxygen atoms in total. The van der Waals surface area contributed by atoms with Crippen molar-refractivity contribution in [2.24, 2.45) is 13.0 Å². The average molecular weight is 192 g/mol. The highest BCUT2D eigenvalue weighted by Gasteiger charge is 2.22. The summed E-state index contributed by atoms with van der Waals surface area (Å²) in [5, 5.41) is 3.65. The van der Waals surface area contributed by atoms with Gasteiger partial charge in [0.15, 0.2) is 0 Å². The SMILES string of the molecule is C[C@H]1CCC[C@@H]1NCc1cccn1C. The third-order valence-corrected chi connectivity index (χ3v) is 3.46. The standard InChI is InChI=1S/C12H20N2/c1-10-5-3-7-12(10)13-9-11-6-4-8-14(11)2/h4,6,8,10,12-13H,3,5,7,9H2,1-2H3/t10-,12-/m0/s1. The molecule has 1 aliphatic carbocycles. The Morgan fingerprint density at radius 2 is 2.36 bits per heavy atom. The highest BCUT2D eigenvalue weighted by molar-refractivity contribution is 5.06. The normalized spacial score (nSPS) is 27.0. The number of nitrogens with one attached hydrogen (secondary N) is 1. The molecule has 0 bridgehead atoms. The van der Waals surface area contributed by atoms with E-state index in [1.807, 2.05) is 0 Å². The molecule has 0 spiro atoms. The summed E-state index contributed by atoms with van der Waals surface area (Å²) >= 11 is 0. The molecule has 78 valence electrons. The second kappa shape index (κ2) is 4.18. The number of aryl methyl sites for hydroxylation is 1. The molecule has 0 saturated heterocycles. The molecule has 1 fully saturated rings. The average Bonchev–Trinajstić information content (AvgIpc) is 2.72. The van der Waals surface area contributed by atoms with Gasteiger partial charge in [-0.3, -0.25) is 0 Å². The maximum Gasteiger partial charge on any atom is 0.0361 e. The first-order valence-corrected chi connectivity index (χ1v) is 5.61. The lowest BCUT2D eigenvalue weighted by Crippen LogP contribution is -2.31. The van der Waals surface area contributed by atoms with Gasteiger partial charge in [0.25, 0.3) is 0 Å². The molecule has 0 amide bonds. The summed E-state index contributed by atoms with van der Waals surface area (Å²) in [7, 11) is 2.11. The van der Waals surface area contributed by atoms with Crippen LogP contribution in [0.4, 0.5) is 0 Å². The fourth-order valence-corrected chi connectivity index (χ4v) is 2.36. The number of nitrogens with zero attached hydrogens (tertiary/aromatic N) is 1. The molecule has 1 heterocycles. The van der Waals surface area contributed by atoms with Crippen molar-refractivity contribution in [2.45, 2.75) is 38.8 Å². The first kappa shape index (κ1) is 9.78. The summed E-state index contributed by atoms with van der Waals surface area (Å²) in [6.45, 7) is 3.37. The molecule has 1 N–H and O–H groups in total. The zero-order chi connectivity index (χ0) is 9.97. The van der Waals surface area contributed by atoms with E-state index in [9.17, 15) is 0 Å². The van der Waals surface area contributed by atoms with E-state index in [-0.39, 0.29) is 0 Å². The minimum Gasteiger partial charge on any atom is -0.353 e. The van der Waals surface area contributed by atoms with Gasteiger partial charge in [0.05, 0.1) is 0 Å². The topological polar surface area (TPSA) is 17.0 Å². The molecule has 0 aliphatic heterocycles. The smallest absolute Gasteiger partial charge is 0.0361 e. The van der Waals surface area contributed by atoms with E-state index in [0.29, 0.717) is 0 Å². The Balaban J connectivity index is 1.85. The Bertz CT molecular complexity index is 290. The minimum absolute atomic E-state index is 0.741. The molecule has 2 atom stereocenters. The number of hydrogen-bond donors (Lipinski definition) is 1. The molecular weight excluding hydrogens is 172 g/mol. The van der Waals surface area contributed by atoms with Crippen LogP contribution in [0.3, 0.4) is 0 Å². The van der Waals surface area contributed by atoms with Gasteiger partial charge in [0.1, 0.15) is 0 Å². The lowest BCUT2D eigenvalue weighted by Gasteiger charge is -2.17. The minimum atomic E-state index is 0.741. The van der Waals surface area contributed by atoms with Gasteiger partial charge >= 0.3 is 0 Å². The third kappa shape index (κ3) is 2.01. The molecule has 1 aromatic heterocycles. The molecule has 0 unspecified atom stereocenters. The summed E-state index contributed by atoms with van der Waals surface area (Å²) in [5.41, 5.74) is 1.38. The molecule has 14 heavy (non-hydrogen) atoms. The van der Waals surface area contributed by atoms with Gasteiger partial charge < -0.3 is 9.88 Å². The van der Waals surface area contributed by atoms with Crippen LogP contribution in [0.1, 0.15) is 31.9 Å². The van der Waals surface area contributed by atoms with Crippen molar-refractivity contribution in [3.8, 4) is 0 Å². The van der Waals surface area contributed by atoms with Gasteiger partial charge in [0, 0.05) is 31.5 Å². The number of aromatic nitrogens is 1. The lowest BCUT2D eigenvalue weighted by atomic mass is 10.1. The van der Waals surface area contributed by atoms with Gasteiger partial charge in [-0.15, -0.1) is 0 Å². The van der Waals surface area contributed by atoms with E-state index in [2.05, 4.69) is 42.2 Å². The van der Waals surface area contributed by atoms with Gasteiger partial charge in [0.2, 0.25) is 0 Å². The number of rotatable bonds is 3. The van der Waals surface area contributed by atoms with Crippen molar-refractivity contribution in [3.05, 3.63) is 24.0 Å². The van der Waals surface area contributed by atoms with Crippen LogP contribution in [0.15, 0.2) is 18.3 Å². The summed E-state index contributed by atoms with van der Waals surface area (Å²) < 4.78 is 2.19. The van der Waals surface area contributed by atoms with Crippen LogP contribution < -0.4 is 5.32 Å². The molecule has 2 rings (SSSR count). The predicted molar refractivity (Wildman–Crippen MR) is 59.1 cm³/mol. The predicted octanol–water partition coefficient (Wildman–Crippen LogP) is 2.30. The summed E-state index contributed by atoms with van der Waals surface area (Å²) in [6.07, 6.45) is 6.25. The van der Waals surface area contributed by atoms with E-state index in [1.165, 1.54) is 25.0 Å². The first-order valence-electron chi connectivity index (χ1n) is 5.61. The van der Waals surface area contributed by atoms with Crippen LogP contribution >= 0.6 is 0 Å². The maximum absolute atomic E-state index is 3.65. The van der Waals surface area contributed by atoms with Crippen molar-refractivity contribution < 1.29 is 0 Å². The fourth-order valence-electron chi connectivity index (χ4n) is 2.36. The molecule has 1 saturated carbocycles.